The van der Waals surface area contributed by atoms with Crippen LogP contribution in [-0.4, -0.2) is 35.3 Å². The van der Waals surface area contributed by atoms with Crippen molar-refractivity contribution in [2.45, 2.75) is 31.6 Å². The number of nitrogen functional groups attached to an aromatic ring is 1. The number of nitrogens with zero attached hydrogens (tertiary/aromatic N) is 6. The summed E-state index contributed by atoms with van der Waals surface area (Å²) >= 11 is 0. The molecule has 4 aromatic heterocycles. The maximum absolute atomic E-state index is 5.56. The van der Waals surface area contributed by atoms with Gasteiger partial charge >= 0.3 is 0 Å². The Hall–Kier alpha value is -3.62. The first-order chi connectivity index (χ1) is 13.7. The number of anilines is 1. The van der Waals surface area contributed by atoms with E-state index in [2.05, 4.69) is 30.3 Å². The van der Waals surface area contributed by atoms with Crippen molar-refractivity contribution >= 4 is 5.95 Å². The number of aryl methyl sites for hydroxylation is 1. The van der Waals surface area contributed by atoms with Crippen molar-refractivity contribution in [2.75, 3.05) is 5.73 Å². The number of aromatic nitrogens is 7. The third-order valence-electron chi connectivity index (χ3n) is 5.38. The number of pyridine rings is 1. The van der Waals surface area contributed by atoms with Gasteiger partial charge in [0.1, 0.15) is 0 Å². The first-order valence-electron chi connectivity index (χ1n) is 9.05. The number of hydrogen-bond donors (Lipinski definition) is 2. The molecule has 1 aliphatic rings. The van der Waals surface area contributed by atoms with Crippen LogP contribution < -0.4 is 5.73 Å². The highest BCUT2D eigenvalue weighted by molar-refractivity contribution is 5.61. The second-order valence-electron chi connectivity index (χ2n) is 7.03. The van der Waals surface area contributed by atoms with Gasteiger partial charge in [0.2, 0.25) is 5.95 Å². The predicted octanol–water partition coefficient (Wildman–Crippen LogP) is 2.67. The normalized spacial score (nSPS) is 15.3. The predicted molar refractivity (Wildman–Crippen MR) is 101 cm³/mol. The summed E-state index contributed by atoms with van der Waals surface area (Å²) in [5.74, 6) is 1.40. The Kier molecular flexibility index (Phi) is 3.68. The molecular weight excluding hydrogens is 356 g/mol. The quantitative estimate of drug-likeness (QED) is 0.557. The van der Waals surface area contributed by atoms with E-state index in [9.17, 15) is 0 Å². The largest absolute Gasteiger partial charge is 0.368 e. The smallest absolute Gasteiger partial charge is 0.261 e. The molecule has 5 rings (SSSR count). The maximum Gasteiger partial charge on any atom is 0.261 e. The van der Waals surface area contributed by atoms with Gasteiger partial charge in [-0.15, -0.1) is 0 Å². The Morgan fingerprint density at radius 3 is 2.43 bits per heavy atom. The van der Waals surface area contributed by atoms with Gasteiger partial charge in [-0.3, -0.25) is 10.1 Å². The highest BCUT2D eigenvalue weighted by Crippen LogP contribution is 2.47. The first-order valence-corrected chi connectivity index (χ1v) is 9.05. The molecule has 1 aliphatic carbocycles. The van der Waals surface area contributed by atoms with Crippen molar-refractivity contribution < 1.29 is 4.52 Å². The van der Waals surface area contributed by atoms with Crippen LogP contribution in [-0.2, 0) is 5.41 Å². The van der Waals surface area contributed by atoms with Crippen LogP contribution in [0, 0.1) is 6.92 Å². The third kappa shape index (κ3) is 2.55. The second-order valence-corrected chi connectivity index (χ2v) is 7.03. The average molecular weight is 374 g/mol. The second kappa shape index (κ2) is 6.22. The molecule has 0 amide bonds. The Labute approximate surface area is 160 Å². The van der Waals surface area contributed by atoms with E-state index in [-0.39, 0.29) is 11.4 Å². The van der Waals surface area contributed by atoms with Crippen LogP contribution >= 0.6 is 0 Å². The Bertz CT molecular complexity index is 1110. The van der Waals surface area contributed by atoms with Crippen molar-refractivity contribution in [3.05, 3.63) is 54.1 Å². The molecule has 9 heteroatoms. The number of H-pyrrole nitrogens is 1. The molecule has 140 valence electrons. The molecule has 3 N–H and O–H groups in total. The number of nitrogens with two attached hydrogens (primary N) is 1. The van der Waals surface area contributed by atoms with Gasteiger partial charge in [0, 0.05) is 35.4 Å². The fourth-order valence-corrected chi connectivity index (χ4v) is 3.55. The summed E-state index contributed by atoms with van der Waals surface area (Å²) < 4.78 is 5.52. The van der Waals surface area contributed by atoms with E-state index >= 15 is 0 Å². The molecule has 28 heavy (non-hydrogen) atoms. The molecule has 0 bridgehead atoms. The lowest BCUT2D eigenvalue weighted by molar-refractivity contribution is 0.266. The summed E-state index contributed by atoms with van der Waals surface area (Å²) in [7, 11) is 0. The van der Waals surface area contributed by atoms with Crippen LogP contribution in [0.2, 0.25) is 0 Å². The van der Waals surface area contributed by atoms with Crippen molar-refractivity contribution in [3.8, 4) is 22.6 Å². The Balaban J connectivity index is 1.48. The highest BCUT2D eigenvalue weighted by Gasteiger charge is 2.46. The standard InChI is InChI=1S/C19H18N8O/c1-11-14(10-24-26-11)16-25-17(27-28-16)19(5-2-6-19)15-4-3-12(7-21-15)13-8-22-18(20)23-9-13/h3-4,7-10H,2,5-6H2,1H3,(H,24,26)(H2,20,22,23). The van der Waals surface area contributed by atoms with Crippen LogP contribution in [0.1, 0.15) is 36.5 Å². The lowest BCUT2D eigenvalue weighted by atomic mass is 9.65. The van der Waals surface area contributed by atoms with Crippen molar-refractivity contribution in [1.29, 1.82) is 0 Å². The van der Waals surface area contributed by atoms with Gasteiger partial charge in [0.05, 0.1) is 22.9 Å². The molecule has 4 aromatic rings. The maximum atomic E-state index is 5.56. The Morgan fingerprint density at radius 1 is 1.04 bits per heavy atom. The van der Waals surface area contributed by atoms with Gasteiger partial charge in [-0.2, -0.15) is 10.1 Å². The van der Waals surface area contributed by atoms with E-state index in [1.165, 1.54) is 0 Å². The molecule has 0 unspecified atom stereocenters. The fraction of sp³-hybridized carbons (Fsp3) is 0.263. The van der Waals surface area contributed by atoms with Crippen molar-refractivity contribution in [3.63, 3.8) is 0 Å². The molecule has 0 atom stereocenters. The van der Waals surface area contributed by atoms with Crippen LogP contribution in [0.4, 0.5) is 5.95 Å². The minimum Gasteiger partial charge on any atom is -0.368 e. The zero-order valence-electron chi connectivity index (χ0n) is 15.3. The van der Waals surface area contributed by atoms with E-state index in [1.54, 1.807) is 18.6 Å². The number of nitrogens with one attached hydrogen (secondary N) is 1. The van der Waals surface area contributed by atoms with Crippen LogP contribution in [0.5, 0.6) is 0 Å². The number of aromatic amines is 1. The van der Waals surface area contributed by atoms with Crippen molar-refractivity contribution in [1.82, 2.24) is 35.3 Å². The van der Waals surface area contributed by atoms with Crippen LogP contribution in [0.25, 0.3) is 22.6 Å². The molecule has 0 aromatic carbocycles. The van der Waals surface area contributed by atoms with Gasteiger partial charge in [0.25, 0.3) is 5.89 Å². The van der Waals surface area contributed by atoms with Crippen molar-refractivity contribution in [2.24, 2.45) is 0 Å². The van der Waals surface area contributed by atoms with Crippen LogP contribution in [0.3, 0.4) is 0 Å². The van der Waals surface area contributed by atoms with E-state index in [4.69, 9.17) is 15.2 Å². The number of hydrogen-bond acceptors (Lipinski definition) is 8. The van der Waals surface area contributed by atoms with E-state index < -0.39 is 0 Å². The molecule has 1 saturated carbocycles. The molecule has 0 radical (unpaired) electrons. The monoisotopic (exact) mass is 374 g/mol. The zero-order valence-corrected chi connectivity index (χ0v) is 15.3. The third-order valence-corrected chi connectivity index (χ3v) is 5.38. The number of rotatable bonds is 4. The minimum absolute atomic E-state index is 0.252. The zero-order chi connectivity index (χ0) is 19.1. The first kappa shape index (κ1) is 16.5. The van der Waals surface area contributed by atoms with Gasteiger partial charge in [-0.05, 0) is 25.8 Å². The van der Waals surface area contributed by atoms with Gasteiger partial charge in [0.15, 0.2) is 5.82 Å². The summed E-state index contributed by atoms with van der Waals surface area (Å²) in [5, 5.41) is 11.2. The minimum atomic E-state index is -0.310. The SMILES string of the molecule is Cc1[nH]ncc1-c1nc(C2(c3ccc(-c4cnc(N)nc4)cn3)CCC2)no1. The van der Waals surface area contributed by atoms with E-state index in [0.29, 0.717) is 11.7 Å². The van der Waals surface area contributed by atoms with Gasteiger partial charge in [-0.25, -0.2) is 9.97 Å². The summed E-state index contributed by atoms with van der Waals surface area (Å²) in [6, 6.07) is 4.03. The molecule has 0 spiro atoms. The fourth-order valence-electron chi connectivity index (χ4n) is 3.55. The van der Waals surface area contributed by atoms with E-state index in [0.717, 1.165) is 47.3 Å². The van der Waals surface area contributed by atoms with E-state index in [1.807, 2.05) is 25.3 Å². The molecule has 0 saturated heterocycles. The summed E-state index contributed by atoms with van der Waals surface area (Å²) in [6.07, 6.45) is 9.88. The average Bonchev–Trinajstić information content (AvgIpc) is 3.31. The molecule has 1 fully saturated rings. The summed E-state index contributed by atoms with van der Waals surface area (Å²) in [4.78, 5) is 17.4. The topological polar surface area (TPSA) is 132 Å². The lowest BCUT2D eigenvalue weighted by Crippen LogP contribution is -2.37. The molecular formula is C19H18N8O. The molecule has 0 aliphatic heterocycles. The van der Waals surface area contributed by atoms with Gasteiger partial charge in [-0.1, -0.05) is 17.6 Å². The Morgan fingerprint density at radius 2 is 1.82 bits per heavy atom. The van der Waals surface area contributed by atoms with Gasteiger partial charge < -0.3 is 10.3 Å². The molecule has 4 heterocycles. The molecule has 9 nitrogen and oxygen atoms in total. The van der Waals surface area contributed by atoms with Crippen LogP contribution in [0.15, 0.2) is 41.4 Å². The highest BCUT2D eigenvalue weighted by atomic mass is 16.5. The summed E-state index contributed by atoms with van der Waals surface area (Å²) in [5.41, 5.74) is 9.70. The summed E-state index contributed by atoms with van der Waals surface area (Å²) in [6.45, 7) is 1.92. The lowest BCUT2D eigenvalue weighted by Gasteiger charge is -2.38.